The van der Waals surface area contributed by atoms with Crippen LogP contribution in [0.2, 0.25) is 0 Å². The summed E-state index contributed by atoms with van der Waals surface area (Å²) in [6.45, 7) is 10.4. The molecule has 0 bridgehead atoms. The van der Waals surface area contributed by atoms with E-state index in [2.05, 4.69) is 39.8 Å². The van der Waals surface area contributed by atoms with Gasteiger partial charge >= 0.3 is 0 Å². The molecule has 0 saturated heterocycles. The molecule has 0 aromatic heterocycles. The second-order valence-corrected chi connectivity index (χ2v) is 6.21. The average molecular weight is 291 g/mol. The molecule has 0 radical (unpaired) electrons. The molecule has 2 nitrogen and oxygen atoms in total. The monoisotopic (exact) mass is 291 g/mol. The van der Waals surface area contributed by atoms with Crippen molar-refractivity contribution >= 4 is 0 Å². The van der Waals surface area contributed by atoms with Crippen molar-refractivity contribution in [2.24, 2.45) is 5.73 Å². The highest BCUT2D eigenvalue weighted by Crippen LogP contribution is 2.20. The lowest BCUT2D eigenvalue weighted by molar-refractivity contribution is 0.0466. The van der Waals surface area contributed by atoms with Crippen molar-refractivity contribution in [2.45, 2.75) is 72.3 Å². The fraction of sp³-hybridized carbons (Fsp3) is 0.684. The van der Waals surface area contributed by atoms with Crippen LogP contribution in [-0.4, -0.2) is 19.3 Å². The second-order valence-electron chi connectivity index (χ2n) is 6.21. The Morgan fingerprint density at radius 3 is 2.29 bits per heavy atom. The Labute approximate surface area is 131 Å². The van der Waals surface area contributed by atoms with Gasteiger partial charge < -0.3 is 10.5 Å². The van der Waals surface area contributed by atoms with Crippen LogP contribution >= 0.6 is 0 Å². The van der Waals surface area contributed by atoms with Crippen LogP contribution in [0.25, 0.3) is 0 Å². The summed E-state index contributed by atoms with van der Waals surface area (Å²) in [5.74, 6) is 0. The molecule has 1 rings (SSSR count). The van der Waals surface area contributed by atoms with Gasteiger partial charge in [0, 0.05) is 6.61 Å². The van der Waals surface area contributed by atoms with Crippen LogP contribution in [0.1, 0.15) is 61.3 Å². The van der Waals surface area contributed by atoms with E-state index in [0.717, 1.165) is 19.4 Å². The van der Waals surface area contributed by atoms with Crippen LogP contribution in [0.3, 0.4) is 0 Å². The number of nitrogens with two attached hydrogens (primary N) is 1. The number of aryl methyl sites for hydroxylation is 3. The Balaban J connectivity index is 2.57. The van der Waals surface area contributed by atoms with E-state index in [4.69, 9.17) is 10.5 Å². The molecule has 1 atom stereocenters. The first-order valence-electron chi connectivity index (χ1n) is 8.46. The third-order valence-electron chi connectivity index (χ3n) is 4.11. The molecule has 0 spiro atoms. The fourth-order valence-corrected chi connectivity index (χ4v) is 2.97. The Hall–Kier alpha value is -0.860. The highest BCUT2D eigenvalue weighted by atomic mass is 16.5. The highest BCUT2D eigenvalue weighted by molar-refractivity contribution is 5.37. The van der Waals surface area contributed by atoms with Gasteiger partial charge in [-0.3, -0.25) is 0 Å². The number of rotatable bonds is 10. The minimum atomic E-state index is 0.261. The van der Waals surface area contributed by atoms with Crippen molar-refractivity contribution in [1.29, 1.82) is 0 Å². The topological polar surface area (TPSA) is 35.2 Å². The molecule has 0 aliphatic rings. The normalized spacial score (nSPS) is 12.6. The fourth-order valence-electron chi connectivity index (χ4n) is 2.97. The summed E-state index contributed by atoms with van der Waals surface area (Å²) >= 11 is 0. The number of ether oxygens (including phenoxy) is 1. The molecule has 1 unspecified atom stereocenters. The van der Waals surface area contributed by atoms with Gasteiger partial charge in [-0.25, -0.2) is 0 Å². The molecule has 2 heteroatoms. The minimum Gasteiger partial charge on any atom is -0.378 e. The van der Waals surface area contributed by atoms with Crippen LogP contribution in [0, 0.1) is 20.8 Å². The summed E-state index contributed by atoms with van der Waals surface area (Å²) in [4.78, 5) is 0. The number of hydrogen-bond acceptors (Lipinski definition) is 2. The van der Waals surface area contributed by atoms with Gasteiger partial charge in [0.25, 0.3) is 0 Å². The third-order valence-corrected chi connectivity index (χ3v) is 4.11. The first-order chi connectivity index (χ1) is 10.1. The summed E-state index contributed by atoms with van der Waals surface area (Å²) in [5, 5.41) is 0. The first-order valence-corrected chi connectivity index (χ1v) is 8.46. The number of hydrogen-bond donors (Lipinski definition) is 1. The van der Waals surface area contributed by atoms with Gasteiger partial charge in [0.1, 0.15) is 0 Å². The zero-order chi connectivity index (χ0) is 15.7. The molecule has 120 valence electrons. The summed E-state index contributed by atoms with van der Waals surface area (Å²) in [6, 6.07) is 4.53. The molecule has 21 heavy (non-hydrogen) atoms. The van der Waals surface area contributed by atoms with Crippen molar-refractivity contribution < 1.29 is 4.74 Å². The second kappa shape index (κ2) is 9.97. The van der Waals surface area contributed by atoms with Crippen molar-refractivity contribution in [1.82, 2.24) is 0 Å². The van der Waals surface area contributed by atoms with Gasteiger partial charge in [0.2, 0.25) is 0 Å². The van der Waals surface area contributed by atoms with Gasteiger partial charge in [0.15, 0.2) is 0 Å². The van der Waals surface area contributed by atoms with Crippen molar-refractivity contribution in [2.75, 3.05) is 13.2 Å². The van der Waals surface area contributed by atoms with Crippen molar-refractivity contribution in [3.8, 4) is 0 Å². The van der Waals surface area contributed by atoms with E-state index < -0.39 is 0 Å². The maximum absolute atomic E-state index is 6.09. The van der Waals surface area contributed by atoms with Crippen LogP contribution < -0.4 is 5.73 Å². The van der Waals surface area contributed by atoms with Crippen molar-refractivity contribution in [3.63, 3.8) is 0 Å². The van der Waals surface area contributed by atoms with E-state index in [1.54, 1.807) is 0 Å². The highest BCUT2D eigenvalue weighted by Gasteiger charge is 2.13. The molecule has 0 amide bonds. The van der Waals surface area contributed by atoms with Gasteiger partial charge in [0.05, 0.1) is 6.10 Å². The summed E-state index contributed by atoms with van der Waals surface area (Å²) in [7, 11) is 0. The van der Waals surface area contributed by atoms with Gasteiger partial charge in [-0.15, -0.1) is 0 Å². The Bertz CT molecular complexity index is 391. The molecule has 0 fully saturated rings. The predicted octanol–water partition coefficient (Wildman–Crippen LogP) is 4.47. The maximum atomic E-state index is 6.09. The van der Waals surface area contributed by atoms with E-state index in [0.29, 0.717) is 6.54 Å². The van der Waals surface area contributed by atoms with Gasteiger partial charge in [-0.2, -0.15) is 0 Å². The first kappa shape index (κ1) is 18.2. The van der Waals surface area contributed by atoms with E-state index in [-0.39, 0.29) is 6.10 Å². The summed E-state index contributed by atoms with van der Waals surface area (Å²) in [5.41, 5.74) is 11.3. The van der Waals surface area contributed by atoms with Crippen LogP contribution in [0.4, 0.5) is 0 Å². The van der Waals surface area contributed by atoms with Gasteiger partial charge in [-0.1, -0.05) is 43.9 Å². The van der Waals surface area contributed by atoms with Crippen LogP contribution in [0.5, 0.6) is 0 Å². The molecule has 0 saturated carbocycles. The summed E-state index contributed by atoms with van der Waals surface area (Å²) < 4.78 is 6.09. The van der Waals surface area contributed by atoms with E-state index in [1.165, 1.54) is 47.9 Å². The largest absolute Gasteiger partial charge is 0.378 e. The lowest BCUT2D eigenvalue weighted by atomic mass is 9.94. The molecule has 0 aliphatic heterocycles. The Morgan fingerprint density at radius 2 is 1.71 bits per heavy atom. The molecular formula is C19H33NO. The van der Waals surface area contributed by atoms with Crippen molar-refractivity contribution in [3.05, 3.63) is 34.4 Å². The number of unbranched alkanes of at least 4 members (excludes halogenated alkanes) is 3. The lowest BCUT2D eigenvalue weighted by Gasteiger charge is -2.20. The van der Waals surface area contributed by atoms with E-state index in [9.17, 15) is 0 Å². The minimum absolute atomic E-state index is 0.261. The molecule has 0 heterocycles. The third kappa shape index (κ3) is 6.62. The zero-order valence-electron chi connectivity index (χ0n) is 14.4. The number of benzene rings is 1. The van der Waals surface area contributed by atoms with Crippen LogP contribution in [0.15, 0.2) is 12.1 Å². The van der Waals surface area contributed by atoms with Crippen LogP contribution in [-0.2, 0) is 11.2 Å². The molecule has 1 aromatic rings. The lowest BCUT2D eigenvalue weighted by Crippen LogP contribution is -2.22. The molecule has 1 aromatic carbocycles. The zero-order valence-corrected chi connectivity index (χ0v) is 14.4. The predicted molar refractivity (Wildman–Crippen MR) is 91.9 cm³/mol. The Kier molecular flexibility index (Phi) is 8.63. The van der Waals surface area contributed by atoms with E-state index in [1.807, 2.05) is 0 Å². The molecule has 2 N–H and O–H groups in total. The van der Waals surface area contributed by atoms with Gasteiger partial charge in [-0.05, 0) is 63.3 Å². The molecule has 0 aliphatic carbocycles. The molecular weight excluding hydrogens is 258 g/mol. The Morgan fingerprint density at radius 1 is 1.05 bits per heavy atom. The average Bonchev–Trinajstić information content (AvgIpc) is 2.42. The summed E-state index contributed by atoms with van der Waals surface area (Å²) in [6.07, 6.45) is 7.21. The quantitative estimate of drug-likeness (QED) is 0.646. The standard InChI is InChI=1S/C19H33NO/c1-5-6-7-8-11-21-18(9-10-20)14-19-16(3)12-15(2)13-17(19)4/h12-13,18H,5-11,14,20H2,1-4H3. The van der Waals surface area contributed by atoms with E-state index >= 15 is 0 Å². The maximum Gasteiger partial charge on any atom is 0.0627 e. The SMILES string of the molecule is CCCCCCOC(CCN)Cc1c(C)cc(C)cc1C. The smallest absolute Gasteiger partial charge is 0.0627 e.